The van der Waals surface area contributed by atoms with E-state index in [1.165, 1.54) is 10.8 Å². The molecule has 0 heterocycles. The molecular formula is C10H17IO2. The number of rotatable bonds is 6. The molecule has 0 aliphatic carbocycles. The van der Waals surface area contributed by atoms with E-state index in [0.717, 1.165) is 18.4 Å². The molecule has 13 heavy (non-hydrogen) atoms. The van der Waals surface area contributed by atoms with Gasteiger partial charge in [0.1, 0.15) is 0 Å². The van der Waals surface area contributed by atoms with Crippen LogP contribution in [0.25, 0.3) is 0 Å². The average molecular weight is 296 g/mol. The summed E-state index contributed by atoms with van der Waals surface area (Å²) >= 11 is 2.36. The number of halogens is 1. The van der Waals surface area contributed by atoms with Crippen LogP contribution < -0.4 is 0 Å². The molecule has 0 radical (unpaired) electrons. The largest absolute Gasteiger partial charge is 0.463 e. The van der Waals surface area contributed by atoms with Crippen LogP contribution in [0.5, 0.6) is 0 Å². The minimum absolute atomic E-state index is 0.183. The predicted molar refractivity (Wildman–Crippen MR) is 63.1 cm³/mol. The molecule has 0 unspecified atom stereocenters. The van der Waals surface area contributed by atoms with Crippen molar-refractivity contribution >= 4 is 28.6 Å². The smallest absolute Gasteiger partial charge is 0.333 e. The second kappa shape index (κ2) is 8.53. The van der Waals surface area contributed by atoms with Crippen molar-refractivity contribution in [1.82, 2.24) is 0 Å². The fourth-order valence-electron chi connectivity index (χ4n) is 0.886. The van der Waals surface area contributed by atoms with E-state index in [1.54, 1.807) is 0 Å². The summed E-state index contributed by atoms with van der Waals surface area (Å²) in [5.41, 5.74) is 0.732. The van der Waals surface area contributed by atoms with Gasteiger partial charge in [-0.25, -0.2) is 4.79 Å². The first kappa shape index (κ1) is 12.9. The summed E-state index contributed by atoms with van der Waals surface area (Å²) in [5, 5.41) is 0. The lowest BCUT2D eigenvalue weighted by Gasteiger charge is -2.00. The van der Waals surface area contributed by atoms with Gasteiger partial charge in [-0.3, -0.25) is 0 Å². The highest BCUT2D eigenvalue weighted by Crippen LogP contribution is 2.04. The highest BCUT2D eigenvalue weighted by Gasteiger charge is 2.02. The highest BCUT2D eigenvalue weighted by molar-refractivity contribution is 14.1. The second-order valence-electron chi connectivity index (χ2n) is 2.79. The fraction of sp³-hybridized carbons (Fsp3) is 0.700. The summed E-state index contributed by atoms with van der Waals surface area (Å²) in [6, 6.07) is 0. The van der Waals surface area contributed by atoms with Crippen LogP contribution in [0.4, 0.5) is 0 Å². The Morgan fingerprint density at radius 2 is 2.15 bits per heavy atom. The Labute approximate surface area is 93.9 Å². The van der Waals surface area contributed by atoms with E-state index in [4.69, 9.17) is 4.74 Å². The first-order valence-electron chi connectivity index (χ1n) is 4.62. The van der Waals surface area contributed by atoms with E-state index in [1.807, 2.05) is 19.9 Å². The van der Waals surface area contributed by atoms with Crippen LogP contribution in [0.15, 0.2) is 11.6 Å². The minimum atomic E-state index is -0.183. The summed E-state index contributed by atoms with van der Waals surface area (Å²) < 4.78 is 6.04. The van der Waals surface area contributed by atoms with Gasteiger partial charge in [-0.05, 0) is 37.5 Å². The van der Waals surface area contributed by atoms with Gasteiger partial charge in [0.15, 0.2) is 0 Å². The Hall–Kier alpha value is -0.0600. The standard InChI is InChI=1S/C10H17IO2/c1-3-13-10(12)9(2)7-5-4-6-8-11/h7H,3-6,8H2,1-2H3/b9-7+. The number of alkyl halides is 1. The third kappa shape index (κ3) is 7.05. The van der Waals surface area contributed by atoms with Gasteiger partial charge in [-0.15, -0.1) is 0 Å². The van der Waals surface area contributed by atoms with Gasteiger partial charge >= 0.3 is 5.97 Å². The van der Waals surface area contributed by atoms with E-state index in [0.29, 0.717) is 6.61 Å². The van der Waals surface area contributed by atoms with Crippen LogP contribution in [0.1, 0.15) is 33.1 Å². The lowest BCUT2D eigenvalue weighted by molar-refractivity contribution is -0.138. The summed E-state index contributed by atoms with van der Waals surface area (Å²) in [6.45, 7) is 4.08. The molecule has 0 aliphatic heterocycles. The topological polar surface area (TPSA) is 26.3 Å². The molecule has 3 heteroatoms. The number of hydrogen-bond acceptors (Lipinski definition) is 2. The molecule has 0 fully saturated rings. The quantitative estimate of drug-likeness (QED) is 0.247. The molecule has 0 bridgehead atoms. The van der Waals surface area contributed by atoms with Gasteiger partial charge in [-0.1, -0.05) is 28.7 Å². The maximum Gasteiger partial charge on any atom is 0.333 e. The number of carbonyl (C=O) groups excluding carboxylic acids is 1. The summed E-state index contributed by atoms with van der Waals surface area (Å²) in [4.78, 5) is 11.1. The normalized spacial score (nSPS) is 11.5. The zero-order valence-electron chi connectivity index (χ0n) is 8.31. The Bertz CT molecular complexity index is 176. The molecule has 0 aromatic rings. The Morgan fingerprint density at radius 3 is 2.69 bits per heavy atom. The second-order valence-corrected chi connectivity index (χ2v) is 3.87. The van der Waals surface area contributed by atoms with Gasteiger partial charge in [0.2, 0.25) is 0 Å². The lowest BCUT2D eigenvalue weighted by atomic mass is 10.2. The van der Waals surface area contributed by atoms with Crippen LogP contribution in [0.2, 0.25) is 0 Å². The van der Waals surface area contributed by atoms with Crippen molar-refractivity contribution in [3.8, 4) is 0 Å². The Morgan fingerprint density at radius 1 is 1.46 bits per heavy atom. The van der Waals surface area contributed by atoms with E-state index < -0.39 is 0 Å². The van der Waals surface area contributed by atoms with Gasteiger partial charge in [0.05, 0.1) is 6.61 Å². The summed E-state index contributed by atoms with van der Waals surface area (Å²) in [7, 11) is 0. The fourth-order valence-corrected chi connectivity index (χ4v) is 1.43. The van der Waals surface area contributed by atoms with E-state index in [-0.39, 0.29) is 5.97 Å². The average Bonchev–Trinajstić information content (AvgIpc) is 2.12. The van der Waals surface area contributed by atoms with Crippen LogP contribution in [-0.4, -0.2) is 17.0 Å². The molecular weight excluding hydrogens is 279 g/mol. The van der Waals surface area contributed by atoms with Crippen molar-refractivity contribution in [3.05, 3.63) is 11.6 Å². The summed E-state index contributed by atoms with van der Waals surface area (Å²) in [5.74, 6) is -0.183. The van der Waals surface area contributed by atoms with Crippen LogP contribution in [0, 0.1) is 0 Å². The van der Waals surface area contributed by atoms with Crippen molar-refractivity contribution in [2.75, 3.05) is 11.0 Å². The molecule has 0 rings (SSSR count). The van der Waals surface area contributed by atoms with E-state index in [9.17, 15) is 4.79 Å². The van der Waals surface area contributed by atoms with E-state index >= 15 is 0 Å². The molecule has 0 N–H and O–H groups in total. The Kier molecular flexibility index (Phi) is 8.49. The van der Waals surface area contributed by atoms with Crippen LogP contribution >= 0.6 is 22.6 Å². The zero-order valence-corrected chi connectivity index (χ0v) is 10.5. The molecule has 0 atom stereocenters. The number of unbranched alkanes of at least 4 members (excludes halogenated alkanes) is 2. The maximum absolute atomic E-state index is 11.1. The predicted octanol–water partition coefficient (Wildman–Crippen LogP) is 3.10. The SMILES string of the molecule is CCOC(=O)/C(C)=C/CCCCI. The molecule has 0 saturated carbocycles. The van der Waals surface area contributed by atoms with Gasteiger partial charge < -0.3 is 4.74 Å². The van der Waals surface area contributed by atoms with Crippen molar-refractivity contribution in [2.45, 2.75) is 33.1 Å². The molecule has 2 nitrogen and oxygen atoms in total. The molecule has 0 saturated heterocycles. The summed E-state index contributed by atoms with van der Waals surface area (Å²) in [6.07, 6.45) is 5.31. The van der Waals surface area contributed by atoms with Crippen molar-refractivity contribution in [2.24, 2.45) is 0 Å². The molecule has 0 aromatic carbocycles. The minimum Gasteiger partial charge on any atom is -0.463 e. The van der Waals surface area contributed by atoms with Gasteiger partial charge in [0.25, 0.3) is 0 Å². The Balaban J connectivity index is 3.67. The monoisotopic (exact) mass is 296 g/mol. The molecule has 0 aliphatic rings. The molecule has 0 aromatic heterocycles. The van der Waals surface area contributed by atoms with E-state index in [2.05, 4.69) is 22.6 Å². The van der Waals surface area contributed by atoms with Crippen LogP contribution in [-0.2, 0) is 9.53 Å². The van der Waals surface area contributed by atoms with Crippen LogP contribution in [0.3, 0.4) is 0 Å². The molecule has 76 valence electrons. The van der Waals surface area contributed by atoms with Gasteiger partial charge in [0, 0.05) is 5.57 Å². The van der Waals surface area contributed by atoms with Gasteiger partial charge in [-0.2, -0.15) is 0 Å². The highest BCUT2D eigenvalue weighted by atomic mass is 127. The third-order valence-electron chi connectivity index (χ3n) is 1.64. The number of carbonyl (C=O) groups is 1. The third-order valence-corrected chi connectivity index (χ3v) is 2.40. The number of allylic oxidation sites excluding steroid dienone is 1. The first-order chi connectivity index (χ1) is 6.22. The molecule has 0 amide bonds. The maximum atomic E-state index is 11.1. The zero-order chi connectivity index (χ0) is 10.1. The lowest BCUT2D eigenvalue weighted by Crippen LogP contribution is -2.04. The first-order valence-corrected chi connectivity index (χ1v) is 6.14. The number of ether oxygens (including phenoxy) is 1. The molecule has 0 spiro atoms. The van der Waals surface area contributed by atoms with Crippen molar-refractivity contribution in [1.29, 1.82) is 0 Å². The number of hydrogen-bond donors (Lipinski definition) is 0. The van der Waals surface area contributed by atoms with Crippen molar-refractivity contribution < 1.29 is 9.53 Å². The van der Waals surface area contributed by atoms with Crippen molar-refractivity contribution in [3.63, 3.8) is 0 Å². The number of esters is 1.